The number of esters is 2. The number of nitrogens with one attached hydrogen (secondary N) is 1. The van der Waals surface area contributed by atoms with Gasteiger partial charge in [-0.1, -0.05) is 23.2 Å². The Hall–Kier alpha value is -3.55. The van der Waals surface area contributed by atoms with Crippen molar-refractivity contribution in [3.05, 3.63) is 88.2 Å². The monoisotopic (exact) mass is 470 g/mol. The highest BCUT2D eigenvalue weighted by Crippen LogP contribution is 2.22. The molecule has 0 radical (unpaired) electrons. The fourth-order valence-electron chi connectivity index (χ4n) is 2.89. The van der Waals surface area contributed by atoms with Gasteiger partial charge in [-0.2, -0.15) is 0 Å². The number of aromatic amines is 1. The summed E-state index contributed by atoms with van der Waals surface area (Å²) in [5.41, 5.74) is 2.45. The summed E-state index contributed by atoms with van der Waals surface area (Å²) in [6.07, 6.45) is 1.52. The molecular weight excluding hydrogens is 455 g/mol. The van der Waals surface area contributed by atoms with Gasteiger partial charge in [0.25, 0.3) is 0 Å². The fourth-order valence-corrected chi connectivity index (χ4v) is 3.46. The van der Waals surface area contributed by atoms with Crippen molar-refractivity contribution < 1.29 is 23.8 Å². The molecule has 3 aromatic carbocycles. The molecule has 0 atom stereocenters. The number of rotatable bonds is 7. The minimum absolute atomic E-state index is 0.234. The molecule has 0 aliphatic rings. The number of fused-ring (bicyclic) bond motifs is 1. The largest absolute Gasteiger partial charge is 0.489 e. The van der Waals surface area contributed by atoms with Crippen LogP contribution in [0.2, 0.25) is 10.0 Å². The summed E-state index contributed by atoms with van der Waals surface area (Å²) < 4.78 is 15.9. The molecule has 7 nitrogen and oxygen atoms in total. The van der Waals surface area contributed by atoms with Crippen molar-refractivity contribution in [3.63, 3.8) is 0 Å². The van der Waals surface area contributed by atoms with E-state index >= 15 is 0 Å². The van der Waals surface area contributed by atoms with Crippen molar-refractivity contribution >= 4 is 46.2 Å². The van der Waals surface area contributed by atoms with Gasteiger partial charge in [0.05, 0.1) is 22.9 Å². The van der Waals surface area contributed by atoms with Crippen molar-refractivity contribution in [1.29, 1.82) is 0 Å². The number of halogens is 2. The lowest BCUT2D eigenvalue weighted by Gasteiger charge is -2.09. The first-order chi connectivity index (χ1) is 15.5. The number of imidazole rings is 1. The minimum atomic E-state index is -0.808. The van der Waals surface area contributed by atoms with Crippen molar-refractivity contribution in [1.82, 2.24) is 9.97 Å². The molecule has 4 aromatic rings. The number of H-pyrrole nitrogens is 1. The van der Waals surface area contributed by atoms with Gasteiger partial charge in [0.1, 0.15) is 18.1 Å². The third-order valence-electron chi connectivity index (χ3n) is 4.37. The Bertz CT molecular complexity index is 1250. The summed E-state index contributed by atoms with van der Waals surface area (Å²) in [4.78, 5) is 31.1. The normalized spacial score (nSPS) is 10.7. The van der Waals surface area contributed by atoms with Gasteiger partial charge in [-0.15, -0.1) is 0 Å². The van der Waals surface area contributed by atoms with E-state index in [2.05, 4.69) is 9.97 Å². The lowest BCUT2D eigenvalue weighted by atomic mass is 10.2. The summed E-state index contributed by atoms with van der Waals surface area (Å²) in [6.45, 7) is -0.126. The number of hydrogen-bond acceptors (Lipinski definition) is 6. The average molecular weight is 471 g/mol. The van der Waals surface area contributed by atoms with Gasteiger partial charge in [-0.05, 0) is 66.2 Å². The van der Waals surface area contributed by atoms with Gasteiger partial charge in [-0.3, -0.25) is 0 Å². The first-order valence-electron chi connectivity index (χ1n) is 9.45. The van der Waals surface area contributed by atoms with E-state index in [-0.39, 0.29) is 5.56 Å². The summed E-state index contributed by atoms with van der Waals surface area (Å²) in [5.74, 6) is -0.551. The zero-order valence-electron chi connectivity index (χ0n) is 16.5. The Morgan fingerprint density at radius 2 is 1.56 bits per heavy atom. The number of hydrogen-bond donors (Lipinski definition) is 1. The molecule has 0 fully saturated rings. The first kappa shape index (κ1) is 21.7. The van der Waals surface area contributed by atoms with Gasteiger partial charge in [0.15, 0.2) is 6.61 Å². The van der Waals surface area contributed by atoms with Crippen molar-refractivity contribution in [2.75, 3.05) is 6.61 Å². The van der Waals surface area contributed by atoms with Crippen LogP contribution >= 0.6 is 23.2 Å². The van der Waals surface area contributed by atoms with Crippen molar-refractivity contribution in [3.8, 4) is 11.5 Å². The van der Waals surface area contributed by atoms with E-state index in [4.69, 9.17) is 37.4 Å². The van der Waals surface area contributed by atoms with Crippen LogP contribution in [0.4, 0.5) is 0 Å². The average Bonchev–Trinajstić information content (AvgIpc) is 3.24. The van der Waals surface area contributed by atoms with Crippen LogP contribution in [0.3, 0.4) is 0 Å². The van der Waals surface area contributed by atoms with Crippen LogP contribution in [0.15, 0.2) is 67.0 Å². The van der Waals surface area contributed by atoms with Gasteiger partial charge < -0.3 is 19.2 Å². The minimum Gasteiger partial charge on any atom is -0.489 e. The second-order valence-corrected chi connectivity index (χ2v) is 7.60. The highest BCUT2D eigenvalue weighted by molar-refractivity contribution is 6.34. The smallest absolute Gasteiger partial charge is 0.352 e. The van der Waals surface area contributed by atoms with Crippen molar-refractivity contribution in [2.24, 2.45) is 0 Å². The molecule has 9 heteroatoms. The second kappa shape index (κ2) is 9.72. The lowest BCUT2D eigenvalue weighted by Crippen LogP contribution is -2.19. The predicted octanol–water partition coefficient (Wildman–Crippen LogP) is 5.21. The topological polar surface area (TPSA) is 90.5 Å². The van der Waals surface area contributed by atoms with Crippen LogP contribution < -0.4 is 9.47 Å². The Kier molecular flexibility index (Phi) is 6.58. The van der Waals surface area contributed by atoms with Crippen molar-refractivity contribution in [2.45, 2.75) is 6.61 Å². The van der Waals surface area contributed by atoms with E-state index in [0.29, 0.717) is 39.2 Å². The van der Waals surface area contributed by atoms with Gasteiger partial charge in [-0.25, -0.2) is 14.6 Å². The third kappa shape index (κ3) is 5.57. The fraction of sp³-hybridized carbons (Fsp3) is 0.0870. The molecule has 0 bridgehead atoms. The maximum atomic E-state index is 12.1. The highest BCUT2D eigenvalue weighted by Gasteiger charge is 2.14. The number of carbonyl (C=O) groups is 2. The Balaban J connectivity index is 1.26. The standard InChI is InChI=1S/C23H16Cl2N2O5/c24-16-7-14(8-17(25)10-16)11-30-18-2-4-19(5-3-18)31-12-22(28)32-23(29)15-1-6-20-21(9-15)27-13-26-20/h1-10,13H,11-12H2,(H,26,27). The van der Waals surface area contributed by atoms with Gasteiger partial charge in [0, 0.05) is 10.0 Å². The zero-order chi connectivity index (χ0) is 22.5. The van der Waals surface area contributed by atoms with Crippen LogP contribution in [0.5, 0.6) is 11.5 Å². The van der Waals surface area contributed by atoms with E-state index in [1.807, 2.05) is 0 Å². The van der Waals surface area contributed by atoms with Crippen LogP contribution in [0.25, 0.3) is 11.0 Å². The molecule has 162 valence electrons. The van der Waals surface area contributed by atoms with E-state index < -0.39 is 18.5 Å². The molecule has 0 spiro atoms. The molecule has 0 amide bonds. The molecule has 0 aliphatic carbocycles. The number of aromatic nitrogens is 2. The molecule has 0 aliphatic heterocycles. The molecule has 1 aromatic heterocycles. The Morgan fingerprint density at radius 3 is 2.28 bits per heavy atom. The molecular formula is C23H16Cl2N2O5. The second-order valence-electron chi connectivity index (χ2n) is 6.72. The summed E-state index contributed by atoms with van der Waals surface area (Å²) >= 11 is 12.0. The van der Waals surface area contributed by atoms with Crippen LogP contribution in [-0.4, -0.2) is 28.5 Å². The Labute approximate surface area is 192 Å². The van der Waals surface area contributed by atoms with E-state index in [1.165, 1.54) is 12.4 Å². The number of nitrogens with zero attached hydrogens (tertiary/aromatic N) is 1. The van der Waals surface area contributed by atoms with Crippen LogP contribution in [0.1, 0.15) is 15.9 Å². The third-order valence-corrected chi connectivity index (χ3v) is 4.81. The molecule has 32 heavy (non-hydrogen) atoms. The SMILES string of the molecule is O=C(COc1ccc(OCc2cc(Cl)cc(Cl)c2)cc1)OC(=O)c1ccc2nc[nH]c2c1. The first-order valence-corrected chi connectivity index (χ1v) is 10.2. The predicted molar refractivity (Wildman–Crippen MR) is 119 cm³/mol. The van der Waals surface area contributed by atoms with Crippen LogP contribution in [0, 0.1) is 0 Å². The summed E-state index contributed by atoms with van der Waals surface area (Å²) in [5, 5.41) is 1.07. The van der Waals surface area contributed by atoms with E-state index in [1.54, 1.807) is 54.6 Å². The quantitative estimate of drug-likeness (QED) is 0.294. The molecule has 0 saturated heterocycles. The maximum absolute atomic E-state index is 12.1. The van der Waals surface area contributed by atoms with E-state index in [0.717, 1.165) is 5.56 Å². The van der Waals surface area contributed by atoms with Crippen LogP contribution in [-0.2, 0) is 16.1 Å². The number of benzene rings is 3. The molecule has 0 unspecified atom stereocenters. The molecule has 4 rings (SSSR count). The van der Waals surface area contributed by atoms with E-state index in [9.17, 15) is 9.59 Å². The van der Waals surface area contributed by atoms with Gasteiger partial charge in [0.2, 0.25) is 0 Å². The highest BCUT2D eigenvalue weighted by atomic mass is 35.5. The molecule has 0 saturated carbocycles. The summed E-state index contributed by atoms with van der Waals surface area (Å²) in [6, 6.07) is 16.6. The number of carbonyl (C=O) groups excluding carboxylic acids is 2. The van der Waals surface area contributed by atoms with Gasteiger partial charge >= 0.3 is 11.9 Å². The zero-order valence-corrected chi connectivity index (χ0v) is 18.0. The summed E-state index contributed by atoms with van der Waals surface area (Å²) in [7, 11) is 0. The number of ether oxygens (including phenoxy) is 3. The molecule has 1 heterocycles. The molecule has 1 N–H and O–H groups in total. The maximum Gasteiger partial charge on any atom is 0.352 e. The Morgan fingerprint density at radius 1 is 0.875 bits per heavy atom. The lowest BCUT2D eigenvalue weighted by molar-refractivity contribution is -0.140.